The van der Waals surface area contributed by atoms with Crippen LogP contribution in [0.4, 0.5) is 5.82 Å². The number of hydrogen-bond donors (Lipinski definition) is 0. The molecule has 1 aliphatic rings. The highest BCUT2D eigenvalue weighted by molar-refractivity contribution is 14.2. The molecule has 5 heterocycles. The zero-order valence-corrected chi connectivity index (χ0v) is 19.9. The van der Waals surface area contributed by atoms with Gasteiger partial charge in [-0.15, -0.1) is 0 Å². The van der Waals surface area contributed by atoms with Gasteiger partial charge >= 0.3 is 0 Å². The van der Waals surface area contributed by atoms with Gasteiger partial charge in [0.15, 0.2) is 0 Å². The molecule has 11 heteroatoms. The number of morpholine rings is 1. The van der Waals surface area contributed by atoms with Gasteiger partial charge in [0.05, 0.1) is 41.7 Å². The van der Waals surface area contributed by atoms with Crippen molar-refractivity contribution in [2.24, 2.45) is 7.05 Å². The first-order valence-electron chi connectivity index (χ1n) is 9.21. The van der Waals surface area contributed by atoms with Crippen molar-refractivity contribution in [2.45, 2.75) is 13.0 Å². The lowest BCUT2D eigenvalue weighted by Gasteiger charge is -2.34. The van der Waals surface area contributed by atoms with Gasteiger partial charge < -0.3 is 9.64 Å². The van der Waals surface area contributed by atoms with Gasteiger partial charge in [-0.3, -0.25) is 4.68 Å². The van der Waals surface area contributed by atoms with Crippen LogP contribution in [0.1, 0.15) is 6.92 Å². The van der Waals surface area contributed by atoms with Gasteiger partial charge in [0, 0.05) is 31.5 Å². The van der Waals surface area contributed by atoms with Crippen molar-refractivity contribution >= 4 is 56.0 Å². The van der Waals surface area contributed by atoms with E-state index in [1.807, 2.05) is 40.7 Å². The molecule has 0 amide bonds. The van der Waals surface area contributed by atoms with Crippen LogP contribution in [-0.2, 0) is 11.8 Å². The first-order chi connectivity index (χ1) is 14.2. The van der Waals surface area contributed by atoms with Gasteiger partial charge in [-0.2, -0.15) is 14.6 Å². The molecule has 1 unspecified atom stereocenters. The SMILES string of the molecule is C[C@@H]1COCCN1c1cc(-c2ccnn2C)c2snc(-c3ccnn3PI)c2n1. The zero-order valence-electron chi connectivity index (χ0n) is 15.9. The molecule has 1 fully saturated rings. The van der Waals surface area contributed by atoms with E-state index in [2.05, 4.69) is 50.1 Å². The number of fused-ring (bicyclic) bond motifs is 1. The highest BCUT2D eigenvalue weighted by atomic mass is 127. The van der Waals surface area contributed by atoms with Crippen molar-refractivity contribution in [3.05, 3.63) is 30.6 Å². The number of aromatic nitrogens is 6. The molecule has 0 aromatic carbocycles. The molecule has 0 aliphatic carbocycles. The van der Waals surface area contributed by atoms with Crippen LogP contribution in [0.15, 0.2) is 30.6 Å². The number of rotatable bonds is 4. The number of aryl methyl sites for hydroxylation is 1. The van der Waals surface area contributed by atoms with E-state index in [1.165, 1.54) is 11.5 Å². The van der Waals surface area contributed by atoms with E-state index in [-0.39, 0.29) is 6.04 Å². The molecule has 0 saturated carbocycles. The van der Waals surface area contributed by atoms with E-state index >= 15 is 0 Å². The number of ether oxygens (including phenoxy) is 1. The first-order valence-corrected chi connectivity index (χ1v) is 14.0. The normalized spacial score (nSPS) is 17.8. The molecular formula is C18H19IN7OPS. The van der Waals surface area contributed by atoms with E-state index in [0.717, 1.165) is 45.2 Å². The van der Waals surface area contributed by atoms with Crippen molar-refractivity contribution in [1.82, 2.24) is 28.7 Å². The van der Waals surface area contributed by atoms with Crippen LogP contribution in [0.3, 0.4) is 0 Å². The predicted octanol–water partition coefficient (Wildman–Crippen LogP) is 3.97. The molecule has 0 radical (unpaired) electrons. The Morgan fingerprint density at radius 3 is 2.83 bits per heavy atom. The molecule has 1 aliphatic heterocycles. The summed E-state index contributed by atoms with van der Waals surface area (Å²) < 4.78 is 15.4. The smallest absolute Gasteiger partial charge is 0.130 e. The van der Waals surface area contributed by atoms with Gasteiger partial charge in [-0.25, -0.2) is 9.44 Å². The van der Waals surface area contributed by atoms with E-state index in [4.69, 9.17) is 14.1 Å². The van der Waals surface area contributed by atoms with Crippen LogP contribution >= 0.6 is 39.9 Å². The van der Waals surface area contributed by atoms with Crippen molar-refractivity contribution in [3.63, 3.8) is 0 Å². The summed E-state index contributed by atoms with van der Waals surface area (Å²) >= 11 is 3.82. The highest BCUT2D eigenvalue weighted by Gasteiger charge is 2.25. The Morgan fingerprint density at radius 2 is 2.07 bits per heavy atom. The lowest BCUT2D eigenvalue weighted by molar-refractivity contribution is 0.0986. The van der Waals surface area contributed by atoms with Gasteiger partial charge in [0.1, 0.15) is 17.0 Å². The summed E-state index contributed by atoms with van der Waals surface area (Å²) in [6.07, 6.45) is 4.15. The summed E-state index contributed by atoms with van der Waals surface area (Å²) in [5.74, 6) is 0.953. The molecule has 29 heavy (non-hydrogen) atoms. The summed E-state index contributed by atoms with van der Waals surface area (Å²) in [4.78, 5) is 7.41. The van der Waals surface area contributed by atoms with Crippen molar-refractivity contribution in [1.29, 1.82) is 0 Å². The topological polar surface area (TPSA) is 73.9 Å². The molecule has 5 rings (SSSR count). The summed E-state index contributed by atoms with van der Waals surface area (Å²) in [7, 11) is 1.97. The second-order valence-electron chi connectivity index (χ2n) is 6.91. The number of halogens is 1. The molecule has 4 aromatic heterocycles. The fraction of sp³-hybridized carbons (Fsp3) is 0.333. The van der Waals surface area contributed by atoms with Crippen molar-refractivity contribution in [3.8, 4) is 22.6 Å². The Morgan fingerprint density at radius 1 is 1.24 bits per heavy atom. The van der Waals surface area contributed by atoms with E-state index in [9.17, 15) is 0 Å². The highest BCUT2D eigenvalue weighted by Crippen LogP contribution is 2.40. The average Bonchev–Trinajstić information content (AvgIpc) is 3.46. The van der Waals surface area contributed by atoms with Gasteiger partial charge in [-0.1, -0.05) is 0 Å². The Bertz CT molecular complexity index is 1170. The maximum atomic E-state index is 5.64. The molecule has 1 saturated heterocycles. The number of anilines is 1. The fourth-order valence-corrected chi connectivity index (χ4v) is 6.06. The molecule has 0 spiro atoms. The quantitative estimate of drug-likeness (QED) is 0.289. The minimum atomic E-state index is 0.268. The maximum Gasteiger partial charge on any atom is 0.130 e. The Balaban J connectivity index is 1.76. The lowest BCUT2D eigenvalue weighted by atomic mass is 10.1. The Labute approximate surface area is 186 Å². The van der Waals surface area contributed by atoms with Crippen LogP contribution in [0, 0.1) is 0 Å². The fourth-order valence-electron chi connectivity index (χ4n) is 3.67. The second kappa shape index (κ2) is 7.90. The van der Waals surface area contributed by atoms with Crippen molar-refractivity contribution < 1.29 is 4.74 Å². The summed E-state index contributed by atoms with van der Waals surface area (Å²) in [5, 5.41) is 8.80. The second-order valence-corrected chi connectivity index (χ2v) is 9.72. The van der Waals surface area contributed by atoms with Gasteiger partial charge in [0.25, 0.3) is 0 Å². The van der Waals surface area contributed by atoms with Crippen LogP contribution in [-0.4, -0.2) is 54.5 Å². The molecule has 0 N–H and O–H groups in total. The number of nitrogens with zero attached hydrogens (tertiary/aromatic N) is 7. The predicted molar refractivity (Wildman–Crippen MR) is 126 cm³/mol. The Hall–Kier alpha value is -1.62. The third-order valence-electron chi connectivity index (χ3n) is 5.14. The molecule has 8 nitrogen and oxygen atoms in total. The molecular weight excluding hydrogens is 520 g/mol. The zero-order chi connectivity index (χ0) is 20.0. The molecule has 150 valence electrons. The van der Waals surface area contributed by atoms with E-state index in [0.29, 0.717) is 19.6 Å². The van der Waals surface area contributed by atoms with Crippen molar-refractivity contribution in [2.75, 3.05) is 24.7 Å². The minimum Gasteiger partial charge on any atom is -0.377 e. The van der Waals surface area contributed by atoms with Crippen LogP contribution in [0.5, 0.6) is 0 Å². The Kier molecular flexibility index (Phi) is 5.27. The summed E-state index contributed by atoms with van der Waals surface area (Å²) in [6, 6.07) is 6.48. The standard InChI is InChI=1S/C18H19IN7OPS/c1-11-10-27-8-7-25(11)15-9-12(13-3-5-20-24(13)2)18-17(22-15)16(23-29-18)14-4-6-21-26(14)28-19/h3-6,9,11,28H,7-8,10H2,1-2H3/t11-/m1/s1. The first kappa shape index (κ1) is 19.3. The number of pyridine rings is 1. The van der Waals surface area contributed by atoms with Gasteiger partial charge in [-0.05, 0) is 58.7 Å². The molecule has 4 aromatic rings. The maximum absolute atomic E-state index is 5.64. The van der Waals surface area contributed by atoms with Crippen LogP contribution < -0.4 is 4.90 Å². The minimum absolute atomic E-state index is 0.268. The number of hydrogen-bond acceptors (Lipinski definition) is 7. The molecule has 2 atom stereocenters. The third kappa shape index (κ3) is 3.35. The van der Waals surface area contributed by atoms with Crippen LogP contribution in [0.25, 0.3) is 32.9 Å². The molecule has 0 bridgehead atoms. The largest absolute Gasteiger partial charge is 0.377 e. The monoisotopic (exact) mass is 539 g/mol. The van der Waals surface area contributed by atoms with E-state index in [1.54, 1.807) is 0 Å². The van der Waals surface area contributed by atoms with Crippen LogP contribution in [0.2, 0.25) is 0 Å². The van der Waals surface area contributed by atoms with E-state index < -0.39 is 0 Å². The average molecular weight is 539 g/mol. The van der Waals surface area contributed by atoms with Gasteiger partial charge in [0.2, 0.25) is 0 Å². The lowest BCUT2D eigenvalue weighted by Crippen LogP contribution is -2.44. The third-order valence-corrected chi connectivity index (χ3v) is 7.89. The summed E-state index contributed by atoms with van der Waals surface area (Å²) in [5.41, 5.74) is 4.96. The summed E-state index contributed by atoms with van der Waals surface area (Å²) in [6.45, 7) is 4.42.